The first-order valence-corrected chi connectivity index (χ1v) is 15.1. The lowest BCUT2D eigenvalue weighted by Crippen LogP contribution is -2.43. The second kappa shape index (κ2) is 11.2. The fraction of sp³-hybridized carbons (Fsp3) is 0.406. The molecule has 1 unspecified atom stereocenters. The first-order valence-electron chi connectivity index (χ1n) is 15.1. The molecule has 0 amide bonds. The third-order valence-corrected chi connectivity index (χ3v) is 9.22. The summed E-state index contributed by atoms with van der Waals surface area (Å²) in [5, 5.41) is 26.4. The molecule has 4 aromatic rings. The molecule has 2 aromatic heterocycles. The Morgan fingerprint density at radius 3 is 2.50 bits per heavy atom. The Morgan fingerprint density at radius 2 is 1.67 bits per heavy atom. The Balaban J connectivity index is 1.09. The zero-order chi connectivity index (χ0) is 28.6. The van der Waals surface area contributed by atoms with Crippen molar-refractivity contribution in [2.45, 2.75) is 63.8 Å². The Kier molecular flexibility index (Phi) is 7.07. The Labute approximate surface area is 245 Å². The minimum atomic E-state index is -0.652. The van der Waals surface area contributed by atoms with Crippen LogP contribution >= 0.6 is 0 Å². The fourth-order valence-electron chi connectivity index (χ4n) is 6.92. The van der Waals surface area contributed by atoms with E-state index in [1.54, 1.807) is 4.68 Å². The highest BCUT2D eigenvalue weighted by Crippen LogP contribution is 2.33. The summed E-state index contributed by atoms with van der Waals surface area (Å²) in [6.07, 6.45) is 8.68. The van der Waals surface area contributed by atoms with Crippen molar-refractivity contribution < 1.29 is 9.90 Å². The number of fused-ring (bicyclic) bond motifs is 4. The summed E-state index contributed by atoms with van der Waals surface area (Å²) >= 11 is 0. The standard InChI is InChI=1S/C32H36N8O2/c33-31-35-32(40(38-31)28-19-24-6-3-5-21-4-1-2-7-27(21)29(24)37-36-28)34-25-11-8-20-9-12-26(13-10-23(20)18-25)39-16-14-22(15-17-39)30(41)42/h1-2,4,7-8,11,18-19,22,26H,3,5-6,9-10,12-17H2,(H,41,42)(H3,33,34,35,38). The number of aryl methyl sites for hydroxylation is 4. The van der Waals surface area contributed by atoms with Gasteiger partial charge in [-0.15, -0.1) is 15.3 Å². The second-order valence-corrected chi connectivity index (χ2v) is 11.8. The molecule has 10 heteroatoms. The summed E-state index contributed by atoms with van der Waals surface area (Å²) in [7, 11) is 0. The van der Waals surface area contributed by atoms with Gasteiger partial charge in [-0.3, -0.25) is 4.79 Å². The van der Waals surface area contributed by atoms with Crippen LogP contribution in [0.3, 0.4) is 0 Å². The van der Waals surface area contributed by atoms with E-state index in [1.165, 1.54) is 16.7 Å². The van der Waals surface area contributed by atoms with Gasteiger partial charge in [-0.1, -0.05) is 30.3 Å². The van der Waals surface area contributed by atoms with Crippen LogP contribution in [0.1, 0.15) is 54.4 Å². The zero-order valence-electron chi connectivity index (χ0n) is 23.7. The van der Waals surface area contributed by atoms with E-state index in [-0.39, 0.29) is 11.9 Å². The van der Waals surface area contributed by atoms with Gasteiger partial charge in [-0.2, -0.15) is 9.67 Å². The molecular formula is C32H36N8O2. The summed E-state index contributed by atoms with van der Waals surface area (Å²) in [4.78, 5) is 18.4. The molecule has 42 heavy (non-hydrogen) atoms. The number of nitrogens with zero attached hydrogens (tertiary/aromatic N) is 6. The molecule has 3 heterocycles. The van der Waals surface area contributed by atoms with E-state index in [9.17, 15) is 9.90 Å². The van der Waals surface area contributed by atoms with Crippen LogP contribution in [-0.2, 0) is 30.5 Å². The number of carboxylic acid groups (broad SMARTS) is 1. The highest BCUT2D eigenvalue weighted by atomic mass is 16.4. The van der Waals surface area contributed by atoms with Gasteiger partial charge in [0.05, 0.1) is 11.6 Å². The van der Waals surface area contributed by atoms with Crippen LogP contribution in [0.5, 0.6) is 0 Å². The monoisotopic (exact) mass is 564 g/mol. The summed E-state index contributed by atoms with van der Waals surface area (Å²) < 4.78 is 1.64. The molecule has 1 fully saturated rings. The van der Waals surface area contributed by atoms with Gasteiger partial charge in [0, 0.05) is 17.3 Å². The third-order valence-electron chi connectivity index (χ3n) is 9.22. The number of aliphatic carboxylic acids is 1. The van der Waals surface area contributed by atoms with Gasteiger partial charge in [0.1, 0.15) is 0 Å². The van der Waals surface area contributed by atoms with Crippen molar-refractivity contribution in [1.29, 1.82) is 0 Å². The normalized spacial score (nSPS) is 19.2. The van der Waals surface area contributed by atoms with Crippen LogP contribution in [0, 0.1) is 5.92 Å². The van der Waals surface area contributed by atoms with Crippen LogP contribution in [0.2, 0.25) is 0 Å². The molecule has 0 spiro atoms. The molecule has 1 aliphatic heterocycles. The van der Waals surface area contributed by atoms with Gasteiger partial charge in [-0.25, -0.2) is 0 Å². The van der Waals surface area contributed by atoms with Crippen LogP contribution < -0.4 is 11.1 Å². The van der Waals surface area contributed by atoms with Crippen molar-refractivity contribution in [3.63, 3.8) is 0 Å². The smallest absolute Gasteiger partial charge is 0.306 e. The van der Waals surface area contributed by atoms with Crippen molar-refractivity contribution >= 4 is 23.6 Å². The van der Waals surface area contributed by atoms with E-state index >= 15 is 0 Å². The van der Waals surface area contributed by atoms with E-state index < -0.39 is 5.97 Å². The largest absolute Gasteiger partial charge is 0.481 e. The van der Waals surface area contributed by atoms with E-state index in [0.717, 1.165) is 93.4 Å². The van der Waals surface area contributed by atoms with E-state index in [1.807, 2.05) is 0 Å². The first kappa shape index (κ1) is 26.6. The Hall–Kier alpha value is -4.31. The molecule has 0 saturated carbocycles. The number of nitrogens with two attached hydrogens (primary N) is 1. The SMILES string of the molecule is Nc1nc(Nc2ccc3c(c2)CCC(N2CCC(C(=O)O)CC2)CC3)n(-c2cc3c(nn2)-c2ccccc2CCC3)n1. The second-order valence-electron chi connectivity index (χ2n) is 11.8. The number of nitrogens with one attached hydrogen (secondary N) is 1. The topological polar surface area (TPSA) is 135 Å². The predicted molar refractivity (Wildman–Crippen MR) is 161 cm³/mol. The van der Waals surface area contributed by atoms with Crippen LogP contribution in [0.4, 0.5) is 17.6 Å². The van der Waals surface area contributed by atoms with Gasteiger partial charge in [-0.05, 0) is 111 Å². The molecule has 1 saturated heterocycles. The number of piperidine rings is 1. The fourth-order valence-corrected chi connectivity index (χ4v) is 6.92. The predicted octanol–water partition coefficient (Wildman–Crippen LogP) is 4.58. The number of rotatable bonds is 5. The summed E-state index contributed by atoms with van der Waals surface area (Å²) in [6.45, 7) is 1.75. The maximum Gasteiger partial charge on any atom is 0.306 e. The van der Waals surface area contributed by atoms with Gasteiger partial charge >= 0.3 is 5.97 Å². The molecule has 1 atom stereocenters. The molecule has 216 valence electrons. The maximum absolute atomic E-state index is 11.4. The minimum Gasteiger partial charge on any atom is -0.481 e. The maximum atomic E-state index is 11.4. The highest BCUT2D eigenvalue weighted by molar-refractivity contribution is 5.70. The molecule has 2 aliphatic carbocycles. The summed E-state index contributed by atoms with van der Waals surface area (Å²) in [6, 6.07) is 17.5. The molecule has 0 radical (unpaired) electrons. The molecular weight excluding hydrogens is 528 g/mol. The third kappa shape index (κ3) is 5.22. The quantitative estimate of drug-likeness (QED) is 0.298. The van der Waals surface area contributed by atoms with E-state index in [4.69, 9.17) is 5.73 Å². The van der Waals surface area contributed by atoms with Crippen molar-refractivity contribution in [2.24, 2.45) is 5.92 Å². The molecule has 3 aliphatic rings. The van der Waals surface area contributed by atoms with Crippen LogP contribution in [-0.4, -0.2) is 60.1 Å². The number of carboxylic acids is 1. The highest BCUT2D eigenvalue weighted by Gasteiger charge is 2.29. The average Bonchev–Trinajstić information content (AvgIpc) is 3.15. The lowest BCUT2D eigenvalue weighted by molar-refractivity contribution is -0.143. The molecule has 2 aromatic carbocycles. The van der Waals surface area contributed by atoms with E-state index in [2.05, 4.69) is 79.0 Å². The van der Waals surface area contributed by atoms with Gasteiger partial charge < -0.3 is 21.1 Å². The van der Waals surface area contributed by atoms with Crippen LogP contribution in [0.25, 0.3) is 17.1 Å². The number of aromatic nitrogens is 5. The van der Waals surface area contributed by atoms with E-state index in [0.29, 0.717) is 17.8 Å². The number of benzene rings is 2. The van der Waals surface area contributed by atoms with Crippen molar-refractivity contribution in [3.8, 4) is 17.1 Å². The Bertz CT molecular complexity index is 1620. The number of nitrogen functional groups attached to an aromatic ring is 1. The number of likely N-dealkylation sites (tertiary alicyclic amines) is 1. The van der Waals surface area contributed by atoms with Gasteiger partial charge in [0.25, 0.3) is 0 Å². The lowest BCUT2D eigenvalue weighted by atomic mass is 9.94. The summed E-state index contributed by atoms with van der Waals surface area (Å²) in [5.74, 6) is 0.416. The molecule has 7 rings (SSSR count). The van der Waals surface area contributed by atoms with Gasteiger partial charge in [0.2, 0.25) is 11.9 Å². The minimum absolute atomic E-state index is 0.170. The number of hydrogen-bond donors (Lipinski definition) is 3. The summed E-state index contributed by atoms with van der Waals surface area (Å²) in [5.41, 5.74) is 14.3. The average molecular weight is 565 g/mol. The zero-order valence-corrected chi connectivity index (χ0v) is 23.7. The van der Waals surface area contributed by atoms with Crippen molar-refractivity contribution in [2.75, 3.05) is 24.1 Å². The first-order chi connectivity index (χ1) is 20.5. The molecule has 4 N–H and O–H groups in total. The Morgan fingerprint density at radius 1 is 0.881 bits per heavy atom. The number of anilines is 3. The molecule has 10 nitrogen and oxygen atoms in total. The number of hydrogen-bond acceptors (Lipinski definition) is 8. The van der Waals surface area contributed by atoms with Crippen molar-refractivity contribution in [3.05, 3.63) is 70.8 Å². The van der Waals surface area contributed by atoms with Crippen LogP contribution in [0.15, 0.2) is 48.5 Å². The molecule has 0 bridgehead atoms. The van der Waals surface area contributed by atoms with Crippen molar-refractivity contribution in [1.82, 2.24) is 29.9 Å². The lowest BCUT2D eigenvalue weighted by Gasteiger charge is -2.36. The number of carbonyl (C=O) groups is 1. The van der Waals surface area contributed by atoms with Gasteiger partial charge in [0.15, 0.2) is 5.82 Å².